The van der Waals surface area contributed by atoms with Crippen LogP contribution in [0.1, 0.15) is 32.1 Å². The largest absolute Gasteiger partial charge is 0.469 e. The van der Waals surface area contributed by atoms with Crippen LogP contribution in [0.25, 0.3) is 21.6 Å². The number of azide groups is 1. The molecular weight excluding hydrogens is 447 g/mol. The van der Waals surface area contributed by atoms with Gasteiger partial charge < -0.3 is 30.5 Å². The third kappa shape index (κ3) is 5.17. The van der Waals surface area contributed by atoms with Crippen molar-refractivity contribution < 1.29 is 33.8 Å². The maximum atomic E-state index is 11.1. The number of aromatic nitrogens is 4. The lowest BCUT2D eigenvalue weighted by atomic mass is 9.96. The normalized spacial score (nSPS) is 25.8. The van der Waals surface area contributed by atoms with E-state index in [-0.39, 0.29) is 23.4 Å². The molecule has 3 heterocycles. The van der Waals surface area contributed by atoms with Crippen molar-refractivity contribution >= 4 is 24.8 Å². The smallest absolute Gasteiger partial charge is 0.387 e. The zero-order valence-electron chi connectivity index (χ0n) is 17.0. The first kappa shape index (κ1) is 24.3. The van der Waals surface area contributed by atoms with Crippen LogP contribution in [0.3, 0.4) is 0 Å². The highest BCUT2D eigenvalue weighted by Gasteiger charge is 2.56. The van der Waals surface area contributed by atoms with Crippen molar-refractivity contribution in [2.45, 2.75) is 56.1 Å². The Morgan fingerprint density at radius 2 is 2.03 bits per heavy atom. The fourth-order valence-electron chi connectivity index (χ4n) is 3.79. The van der Waals surface area contributed by atoms with Crippen molar-refractivity contribution in [1.29, 1.82) is 0 Å². The molecule has 176 valence electrons. The van der Waals surface area contributed by atoms with E-state index < -0.39 is 38.5 Å². The Hall–Kier alpha value is -2.35. The number of nitrogens with two attached hydrogens (primary N) is 1. The summed E-state index contributed by atoms with van der Waals surface area (Å²) in [5, 5.41) is 25.0. The molecule has 0 saturated carbocycles. The maximum absolute atomic E-state index is 11.1. The van der Waals surface area contributed by atoms with E-state index in [1.807, 2.05) is 0 Å². The van der Waals surface area contributed by atoms with Crippen LogP contribution in [0.5, 0.6) is 0 Å². The quantitative estimate of drug-likeness (QED) is 0.0995. The van der Waals surface area contributed by atoms with E-state index in [2.05, 4.69) is 29.5 Å². The molecule has 0 aliphatic carbocycles. The fourth-order valence-corrected chi connectivity index (χ4v) is 4.13. The SMILES string of the molecule is [N-]=[N+]=NCCCCCC[C@@]1(n2cnc3c(N)ncnc32)O[C@H](COP(=O)(O)O)[C@@H](O)[C@H]1O. The Morgan fingerprint density at radius 1 is 1.28 bits per heavy atom. The summed E-state index contributed by atoms with van der Waals surface area (Å²) in [5.74, 6) is 0.122. The minimum Gasteiger partial charge on any atom is -0.387 e. The van der Waals surface area contributed by atoms with Gasteiger partial charge in [-0.3, -0.25) is 9.09 Å². The minimum atomic E-state index is -4.82. The number of ether oxygens (including phenoxy) is 1. The molecule has 4 atom stereocenters. The van der Waals surface area contributed by atoms with E-state index in [9.17, 15) is 14.8 Å². The Balaban J connectivity index is 1.86. The number of rotatable bonds is 11. The molecule has 0 bridgehead atoms. The molecule has 6 N–H and O–H groups in total. The third-order valence-corrected chi connectivity index (χ3v) is 5.79. The van der Waals surface area contributed by atoms with E-state index in [1.54, 1.807) is 0 Å². The molecule has 0 amide bonds. The van der Waals surface area contributed by atoms with E-state index in [0.29, 0.717) is 25.8 Å². The Morgan fingerprint density at radius 3 is 2.75 bits per heavy atom. The number of hydrogen-bond acceptors (Lipinski definition) is 10. The molecule has 0 unspecified atom stereocenters. The summed E-state index contributed by atoms with van der Waals surface area (Å²) < 4.78 is 23.0. The van der Waals surface area contributed by atoms with Crippen LogP contribution in [0.2, 0.25) is 0 Å². The molecule has 0 spiro atoms. The number of aliphatic hydroxyl groups excluding tert-OH is 2. The van der Waals surface area contributed by atoms with Gasteiger partial charge in [-0.25, -0.2) is 19.5 Å². The Labute approximate surface area is 182 Å². The number of unbranched alkanes of at least 4 members (excludes halogenated alkanes) is 3. The van der Waals surface area contributed by atoms with Gasteiger partial charge in [0.25, 0.3) is 0 Å². The highest BCUT2D eigenvalue weighted by Crippen LogP contribution is 2.43. The van der Waals surface area contributed by atoms with Crippen molar-refractivity contribution in [1.82, 2.24) is 19.5 Å². The summed E-state index contributed by atoms with van der Waals surface area (Å²) in [7, 11) is -4.82. The van der Waals surface area contributed by atoms with Gasteiger partial charge in [-0.15, -0.1) is 0 Å². The fraction of sp³-hybridized carbons (Fsp3) is 0.688. The van der Waals surface area contributed by atoms with Crippen LogP contribution >= 0.6 is 7.82 Å². The number of phosphoric ester groups is 1. The zero-order chi connectivity index (χ0) is 23.4. The third-order valence-electron chi connectivity index (χ3n) is 5.30. The zero-order valence-corrected chi connectivity index (χ0v) is 17.9. The monoisotopic (exact) mass is 472 g/mol. The van der Waals surface area contributed by atoms with Crippen LogP contribution in [0, 0.1) is 0 Å². The van der Waals surface area contributed by atoms with Gasteiger partial charge in [-0.05, 0) is 24.8 Å². The van der Waals surface area contributed by atoms with E-state index in [0.717, 1.165) is 6.42 Å². The molecule has 1 fully saturated rings. The molecule has 1 aliphatic heterocycles. The van der Waals surface area contributed by atoms with Crippen molar-refractivity contribution in [3.8, 4) is 0 Å². The molecule has 32 heavy (non-hydrogen) atoms. The van der Waals surface area contributed by atoms with Gasteiger partial charge >= 0.3 is 7.82 Å². The molecule has 16 heteroatoms. The van der Waals surface area contributed by atoms with Crippen molar-refractivity contribution in [3.63, 3.8) is 0 Å². The lowest BCUT2D eigenvalue weighted by Gasteiger charge is -2.34. The highest BCUT2D eigenvalue weighted by atomic mass is 31.2. The standard InChI is InChI=1S/C16H25N8O7P/c17-14-11-15(20-8-19-14)24(9-21-11)16(5-3-1-2-4-6-22-23-18)13(26)12(25)10(31-16)7-30-32(27,28)29/h8-10,12-13,25-26H,1-7H2,(H2,17,19,20)(H2,27,28,29)/t10-,12-,13-,16-/m1/s1. The topological polar surface area (TPSA) is 235 Å². The summed E-state index contributed by atoms with van der Waals surface area (Å²) in [6.07, 6.45) is 1.32. The molecule has 0 aromatic carbocycles. The first-order chi connectivity index (χ1) is 15.2. The second-order valence-corrected chi connectivity index (χ2v) is 8.63. The number of phosphoric acid groups is 1. The average molecular weight is 472 g/mol. The summed E-state index contributed by atoms with van der Waals surface area (Å²) in [4.78, 5) is 32.9. The van der Waals surface area contributed by atoms with Crippen molar-refractivity contribution in [2.24, 2.45) is 5.11 Å². The van der Waals surface area contributed by atoms with Gasteiger partial charge in [0, 0.05) is 11.5 Å². The van der Waals surface area contributed by atoms with Crippen LogP contribution in [0.4, 0.5) is 5.82 Å². The second kappa shape index (κ2) is 10.1. The molecule has 0 radical (unpaired) electrons. The molecular formula is C16H25N8O7P. The van der Waals surface area contributed by atoms with Gasteiger partial charge in [0.05, 0.1) is 12.9 Å². The van der Waals surface area contributed by atoms with E-state index >= 15 is 0 Å². The summed E-state index contributed by atoms with van der Waals surface area (Å²) >= 11 is 0. The molecule has 2 aromatic rings. The number of imidazole rings is 1. The molecule has 1 aliphatic rings. The van der Waals surface area contributed by atoms with Crippen LogP contribution in [-0.4, -0.2) is 71.0 Å². The number of anilines is 1. The Bertz CT molecular complexity index is 1020. The predicted octanol–water partition coefficient (Wildman–Crippen LogP) is 0.552. The van der Waals surface area contributed by atoms with Gasteiger partial charge in [0.15, 0.2) is 17.2 Å². The van der Waals surface area contributed by atoms with Crippen LogP contribution in [0.15, 0.2) is 17.8 Å². The number of hydrogen-bond donors (Lipinski definition) is 5. The first-order valence-corrected chi connectivity index (χ1v) is 11.4. The number of nitrogen functional groups attached to an aromatic ring is 1. The number of fused-ring (bicyclic) bond motifs is 1. The minimum absolute atomic E-state index is 0.122. The summed E-state index contributed by atoms with van der Waals surface area (Å²) in [6, 6.07) is 0. The van der Waals surface area contributed by atoms with E-state index in [4.69, 9.17) is 25.8 Å². The van der Waals surface area contributed by atoms with Gasteiger partial charge in [-0.1, -0.05) is 18.0 Å². The van der Waals surface area contributed by atoms with Crippen molar-refractivity contribution in [3.05, 3.63) is 23.1 Å². The maximum Gasteiger partial charge on any atom is 0.469 e. The molecule has 2 aromatic heterocycles. The van der Waals surface area contributed by atoms with Crippen molar-refractivity contribution in [2.75, 3.05) is 18.9 Å². The van der Waals surface area contributed by atoms with Crippen LogP contribution < -0.4 is 5.73 Å². The lowest BCUT2D eigenvalue weighted by Crippen LogP contribution is -2.45. The second-order valence-electron chi connectivity index (χ2n) is 7.39. The number of nitrogens with zero attached hydrogens (tertiary/aromatic N) is 7. The lowest BCUT2D eigenvalue weighted by molar-refractivity contribution is -0.150. The van der Waals surface area contributed by atoms with Gasteiger partial charge in [-0.2, -0.15) is 0 Å². The first-order valence-electron chi connectivity index (χ1n) is 9.88. The van der Waals surface area contributed by atoms with Gasteiger partial charge in [0.1, 0.15) is 30.2 Å². The van der Waals surface area contributed by atoms with Crippen LogP contribution in [-0.2, 0) is 19.6 Å². The predicted molar refractivity (Wildman–Crippen MR) is 110 cm³/mol. The van der Waals surface area contributed by atoms with Gasteiger partial charge in [0.2, 0.25) is 0 Å². The summed E-state index contributed by atoms with van der Waals surface area (Å²) in [6.45, 7) is -0.260. The van der Waals surface area contributed by atoms with E-state index in [1.165, 1.54) is 17.2 Å². The molecule has 15 nitrogen and oxygen atoms in total. The molecule has 1 saturated heterocycles. The number of aliphatic hydroxyl groups is 2. The average Bonchev–Trinajstić information content (AvgIpc) is 3.28. The summed E-state index contributed by atoms with van der Waals surface area (Å²) in [5.41, 5.74) is 13.2. The highest BCUT2D eigenvalue weighted by molar-refractivity contribution is 7.46. The Kier molecular flexibility index (Phi) is 7.64. The molecule has 3 rings (SSSR count).